The van der Waals surface area contributed by atoms with E-state index in [2.05, 4.69) is 0 Å². The summed E-state index contributed by atoms with van der Waals surface area (Å²) < 4.78 is 10.5. The smallest absolute Gasteiger partial charge is 0.191 e. The van der Waals surface area contributed by atoms with Crippen molar-refractivity contribution in [1.82, 2.24) is 4.90 Å². The fourth-order valence-corrected chi connectivity index (χ4v) is 3.15. The fraction of sp³-hybridized carbons (Fsp3) is 0.333. The number of rotatable bonds is 8. The Labute approximate surface area is 154 Å². The molecule has 0 saturated heterocycles. The highest BCUT2D eigenvalue weighted by atomic mass is 16.5. The molecule has 0 N–H and O–H groups in total. The first-order valence-corrected chi connectivity index (χ1v) is 8.36. The average Bonchev–Trinajstić information content (AvgIpc) is 2.65. The van der Waals surface area contributed by atoms with Crippen LogP contribution in [-0.2, 0) is 11.2 Å². The van der Waals surface area contributed by atoms with E-state index in [0.29, 0.717) is 23.5 Å². The first-order chi connectivity index (χ1) is 12.4. The van der Waals surface area contributed by atoms with Gasteiger partial charge in [0, 0.05) is 12.0 Å². The van der Waals surface area contributed by atoms with Gasteiger partial charge in [-0.25, -0.2) is 0 Å². The van der Waals surface area contributed by atoms with Crippen molar-refractivity contribution in [3.05, 3.63) is 59.7 Å². The third kappa shape index (κ3) is 3.63. The van der Waals surface area contributed by atoms with Crippen LogP contribution in [0.4, 0.5) is 0 Å². The van der Waals surface area contributed by atoms with Crippen LogP contribution in [0, 0.1) is 0 Å². The number of benzene rings is 2. The maximum Gasteiger partial charge on any atom is 0.191 e. The van der Waals surface area contributed by atoms with Gasteiger partial charge in [0.2, 0.25) is 0 Å². The number of likely N-dealkylation sites (N-methyl/N-ethyl adjacent to an activating group) is 1. The van der Waals surface area contributed by atoms with Crippen molar-refractivity contribution in [2.45, 2.75) is 18.9 Å². The molecule has 1 unspecified atom stereocenters. The van der Waals surface area contributed by atoms with E-state index in [9.17, 15) is 9.59 Å². The van der Waals surface area contributed by atoms with Gasteiger partial charge in [-0.15, -0.1) is 0 Å². The van der Waals surface area contributed by atoms with Gasteiger partial charge in [0.15, 0.2) is 23.1 Å². The molecule has 26 heavy (non-hydrogen) atoms. The lowest BCUT2D eigenvalue weighted by atomic mass is 9.79. The first-order valence-electron chi connectivity index (χ1n) is 8.36. The molecular weight excluding hydrogens is 330 g/mol. The Morgan fingerprint density at radius 2 is 1.58 bits per heavy atom. The van der Waals surface area contributed by atoms with Crippen molar-refractivity contribution in [2.24, 2.45) is 0 Å². The summed E-state index contributed by atoms with van der Waals surface area (Å²) in [7, 11) is 6.56. The fourth-order valence-electron chi connectivity index (χ4n) is 3.15. The second kappa shape index (κ2) is 8.15. The Bertz CT molecular complexity index is 786. The molecule has 0 aliphatic rings. The van der Waals surface area contributed by atoms with Crippen LogP contribution >= 0.6 is 0 Å². The Hall–Kier alpha value is -2.66. The lowest BCUT2D eigenvalue weighted by Crippen LogP contribution is -2.58. The molecule has 0 amide bonds. The summed E-state index contributed by atoms with van der Waals surface area (Å²) in [5, 5.41) is 0. The Morgan fingerprint density at radius 1 is 0.962 bits per heavy atom. The molecule has 0 fully saturated rings. The zero-order chi connectivity index (χ0) is 19.3. The van der Waals surface area contributed by atoms with Crippen LogP contribution in [0.25, 0.3) is 0 Å². The topological polar surface area (TPSA) is 55.8 Å². The van der Waals surface area contributed by atoms with E-state index < -0.39 is 5.54 Å². The number of nitrogens with zero attached hydrogens (tertiary/aromatic N) is 1. The quantitative estimate of drug-likeness (QED) is 0.538. The van der Waals surface area contributed by atoms with Crippen molar-refractivity contribution >= 4 is 11.6 Å². The molecule has 2 rings (SSSR count). The molecule has 2 aromatic rings. The first kappa shape index (κ1) is 19.7. The molecule has 138 valence electrons. The molecule has 0 aliphatic heterocycles. The maximum atomic E-state index is 13.5. The summed E-state index contributed by atoms with van der Waals surface area (Å²) in [5.41, 5.74) is 0.0359. The van der Waals surface area contributed by atoms with Gasteiger partial charge in [0.25, 0.3) is 0 Å². The number of methoxy groups -OCH3 is 2. The molecule has 2 aromatic carbocycles. The van der Waals surface area contributed by atoms with Gasteiger partial charge >= 0.3 is 0 Å². The van der Waals surface area contributed by atoms with Gasteiger partial charge in [-0.3, -0.25) is 14.5 Å². The highest BCUT2D eigenvalue weighted by Crippen LogP contribution is 2.31. The number of carbonyl (C=O) groups excluding carboxylic acids is 2. The van der Waals surface area contributed by atoms with Crippen molar-refractivity contribution in [3.8, 4) is 11.5 Å². The summed E-state index contributed by atoms with van der Waals surface area (Å²) in [6.45, 7) is 1.46. The monoisotopic (exact) mass is 355 g/mol. The molecule has 0 radical (unpaired) electrons. The van der Waals surface area contributed by atoms with Gasteiger partial charge < -0.3 is 9.47 Å². The number of hydrogen-bond acceptors (Lipinski definition) is 5. The van der Waals surface area contributed by atoms with E-state index >= 15 is 0 Å². The highest BCUT2D eigenvalue weighted by Gasteiger charge is 2.45. The zero-order valence-electron chi connectivity index (χ0n) is 15.9. The van der Waals surface area contributed by atoms with Gasteiger partial charge in [0.05, 0.1) is 14.2 Å². The second-order valence-electron chi connectivity index (χ2n) is 6.37. The lowest BCUT2D eigenvalue weighted by Gasteiger charge is -2.36. The average molecular weight is 355 g/mol. The van der Waals surface area contributed by atoms with Crippen molar-refractivity contribution < 1.29 is 19.1 Å². The van der Waals surface area contributed by atoms with Gasteiger partial charge in [-0.2, -0.15) is 0 Å². The second-order valence-corrected chi connectivity index (χ2v) is 6.37. The number of hydrogen-bond donors (Lipinski definition) is 0. The van der Waals surface area contributed by atoms with Crippen LogP contribution < -0.4 is 9.47 Å². The standard InChI is InChI=1S/C21H25NO4/c1-15(23)21(22(2)3,14-16-9-7-6-8-10-16)20(24)17-11-12-18(25-4)19(13-17)26-5/h6-13H,14H2,1-5H3. The molecule has 0 spiro atoms. The van der Waals surface area contributed by atoms with E-state index in [1.54, 1.807) is 37.2 Å². The Morgan fingerprint density at radius 3 is 2.08 bits per heavy atom. The molecule has 5 nitrogen and oxygen atoms in total. The van der Waals surface area contributed by atoms with Gasteiger partial charge in [-0.1, -0.05) is 30.3 Å². The number of carbonyl (C=O) groups is 2. The largest absolute Gasteiger partial charge is 0.493 e. The molecule has 0 aliphatic carbocycles. The van der Waals surface area contributed by atoms with E-state index in [0.717, 1.165) is 5.56 Å². The summed E-state index contributed by atoms with van der Waals surface area (Å²) in [5.74, 6) is 0.519. The van der Waals surface area contributed by atoms with Crippen molar-refractivity contribution in [2.75, 3.05) is 28.3 Å². The van der Waals surface area contributed by atoms with Crippen molar-refractivity contribution in [1.29, 1.82) is 0 Å². The third-order valence-electron chi connectivity index (χ3n) is 4.67. The normalized spacial score (nSPS) is 13.2. The third-order valence-corrected chi connectivity index (χ3v) is 4.67. The number of ketones is 2. The predicted octanol–water partition coefficient (Wildman–Crippen LogP) is 3.02. The van der Waals surface area contributed by atoms with E-state index in [1.165, 1.54) is 21.1 Å². The van der Waals surface area contributed by atoms with E-state index in [4.69, 9.17) is 9.47 Å². The molecule has 0 aromatic heterocycles. The minimum atomic E-state index is -1.29. The number of ether oxygens (including phenoxy) is 2. The van der Waals surface area contributed by atoms with Crippen molar-refractivity contribution in [3.63, 3.8) is 0 Å². The molecule has 5 heteroatoms. The van der Waals surface area contributed by atoms with Crippen LogP contribution in [0.15, 0.2) is 48.5 Å². The molecule has 0 heterocycles. The van der Waals surface area contributed by atoms with E-state index in [1.807, 2.05) is 30.3 Å². The van der Waals surface area contributed by atoms with E-state index in [-0.39, 0.29) is 11.6 Å². The van der Waals surface area contributed by atoms with Gasteiger partial charge in [-0.05, 0) is 44.8 Å². The molecule has 1 atom stereocenters. The van der Waals surface area contributed by atoms with Crippen LogP contribution in [0.2, 0.25) is 0 Å². The van der Waals surface area contributed by atoms with Crippen LogP contribution in [-0.4, -0.2) is 50.3 Å². The maximum absolute atomic E-state index is 13.5. The van der Waals surface area contributed by atoms with Gasteiger partial charge in [0.1, 0.15) is 5.54 Å². The predicted molar refractivity (Wildman–Crippen MR) is 101 cm³/mol. The minimum absolute atomic E-state index is 0.203. The Kier molecular flexibility index (Phi) is 6.16. The molecule has 0 bridgehead atoms. The highest BCUT2D eigenvalue weighted by molar-refractivity contribution is 6.18. The summed E-state index contributed by atoms with van der Waals surface area (Å²) in [6, 6.07) is 14.5. The summed E-state index contributed by atoms with van der Waals surface area (Å²) >= 11 is 0. The van der Waals surface area contributed by atoms with Crippen LogP contribution in [0.3, 0.4) is 0 Å². The minimum Gasteiger partial charge on any atom is -0.493 e. The zero-order valence-corrected chi connectivity index (χ0v) is 15.9. The SMILES string of the molecule is COc1ccc(C(=O)C(Cc2ccccc2)(C(C)=O)N(C)C)cc1OC. The van der Waals surface area contributed by atoms with Crippen LogP contribution in [0.1, 0.15) is 22.8 Å². The summed E-state index contributed by atoms with van der Waals surface area (Å²) in [4.78, 5) is 27.8. The summed E-state index contributed by atoms with van der Waals surface area (Å²) in [6.07, 6.45) is 0.295. The number of Topliss-reactive ketones (excluding diaryl/α,β-unsaturated/α-hetero) is 2. The Balaban J connectivity index is 2.55. The van der Waals surface area contributed by atoms with Crippen LogP contribution in [0.5, 0.6) is 11.5 Å². The molecular formula is C21H25NO4. The lowest BCUT2D eigenvalue weighted by molar-refractivity contribution is -0.125. The molecule has 0 saturated carbocycles.